The average Bonchev–Trinajstić information content (AvgIpc) is 3.19. The smallest absolute Gasteiger partial charge is 0.293 e. The van der Waals surface area contributed by atoms with Gasteiger partial charge in [0.1, 0.15) is 11.5 Å². The molecule has 9 nitrogen and oxygen atoms in total. The molecule has 1 aromatic carbocycles. The Hall–Kier alpha value is -3.17. The lowest BCUT2D eigenvalue weighted by molar-refractivity contribution is -0.384. The van der Waals surface area contributed by atoms with E-state index in [4.69, 9.17) is 23.2 Å². The number of nitro benzene ring substituents is 1. The number of carbonyl (C=O) groups is 1. The van der Waals surface area contributed by atoms with Crippen LogP contribution in [0.2, 0.25) is 10.0 Å². The summed E-state index contributed by atoms with van der Waals surface area (Å²) >= 11 is 12.2. The fraction of sp³-hybridized carbons (Fsp3) is 0.250. The molecule has 0 amide bonds. The van der Waals surface area contributed by atoms with Crippen LogP contribution in [-0.2, 0) is 7.05 Å². The van der Waals surface area contributed by atoms with E-state index in [1.54, 1.807) is 36.0 Å². The van der Waals surface area contributed by atoms with E-state index in [0.29, 0.717) is 47.7 Å². The predicted molar refractivity (Wildman–Crippen MR) is 118 cm³/mol. The number of aromatic nitrogens is 3. The van der Waals surface area contributed by atoms with Gasteiger partial charge >= 0.3 is 0 Å². The normalized spacial score (nSPS) is 14.0. The molecule has 0 saturated carbocycles. The summed E-state index contributed by atoms with van der Waals surface area (Å²) in [6.45, 7) is 2.24. The summed E-state index contributed by atoms with van der Waals surface area (Å²) in [4.78, 5) is 36.2. The molecule has 0 N–H and O–H groups in total. The van der Waals surface area contributed by atoms with E-state index in [1.807, 2.05) is 9.80 Å². The van der Waals surface area contributed by atoms with Gasteiger partial charge in [0.05, 0.1) is 15.0 Å². The third-order valence-electron chi connectivity index (χ3n) is 5.17. The molecule has 0 aliphatic carbocycles. The molecule has 160 valence electrons. The molecule has 1 aliphatic rings. The van der Waals surface area contributed by atoms with Crippen LogP contribution in [0, 0.1) is 10.1 Å². The monoisotopic (exact) mass is 460 g/mol. The standard InChI is InChI=1S/C20H18Cl2N6O3/c1-25-5-4-23-20(25)18(29)13-2-3-16(17(10-13)28(30)31)26-6-8-27(9-7-26)19-15(22)11-14(21)12-24-19/h2-5,10-12H,6-9H2,1H3. The van der Waals surface area contributed by atoms with Gasteiger partial charge in [0.15, 0.2) is 5.82 Å². The molecular formula is C20H18Cl2N6O3. The Morgan fingerprint density at radius 1 is 1.10 bits per heavy atom. The van der Waals surface area contributed by atoms with Gasteiger partial charge in [0, 0.05) is 63.4 Å². The molecule has 4 rings (SSSR count). The fourth-order valence-electron chi connectivity index (χ4n) is 3.59. The molecule has 0 atom stereocenters. The maximum atomic E-state index is 12.7. The van der Waals surface area contributed by atoms with Crippen LogP contribution in [0.15, 0.2) is 42.9 Å². The lowest BCUT2D eigenvalue weighted by Crippen LogP contribution is -2.47. The minimum Gasteiger partial charge on any atom is -0.362 e. The minimum atomic E-state index is -0.464. The maximum absolute atomic E-state index is 12.7. The number of nitro groups is 1. The number of benzene rings is 1. The summed E-state index contributed by atoms with van der Waals surface area (Å²) in [5, 5.41) is 12.7. The molecule has 1 fully saturated rings. The van der Waals surface area contributed by atoms with Crippen LogP contribution in [0.4, 0.5) is 17.2 Å². The quantitative estimate of drug-likeness (QED) is 0.326. The fourth-order valence-corrected chi connectivity index (χ4v) is 4.09. The molecule has 31 heavy (non-hydrogen) atoms. The van der Waals surface area contributed by atoms with Crippen LogP contribution >= 0.6 is 23.2 Å². The van der Waals surface area contributed by atoms with E-state index in [1.165, 1.54) is 18.5 Å². The van der Waals surface area contributed by atoms with Gasteiger partial charge in [-0.1, -0.05) is 23.2 Å². The first-order valence-corrected chi connectivity index (χ1v) is 10.2. The third kappa shape index (κ3) is 4.19. The first-order valence-electron chi connectivity index (χ1n) is 9.46. The van der Waals surface area contributed by atoms with Crippen molar-refractivity contribution >= 4 is 46.2 Å². The van der Waals surface area contributed by atoms with Crippen molar-refractivity contribution in [3.63, 3.8) is 0 Å². The molecule has 0 unspecified atom stereocenters. The summed E-state index contributed by atoms with van der Waals surface area (Å²) in [6, 6.07) is 6.18. The van der Waals surface area contributed by atoms with Gasteiger partial charge in [-0.15, -0.1) is 0 Å². The molecule has 0 spiro atoms. The number of hydrogen-bond donors (Lipinski definition) is 0. The summed E-state index contributed by atoms with van der Waals surface area (Å²) in [5.41, 5.74) is 0.577. The van der Waals surface area contributed by atoms with Crippen molar-refractivity contribution in [2.75, 3.05) is 36.0 Å². The number of halogens is 2. The molecule has 0 bridgehead atoms. The molecule has 3 heterocycles. The number of piperazine rings is 1. The Morgan fingerprint density at radius 3 is 2.42 bits per heavy atom. The summed E-state index contributed by atoms with van der Waals surface area (Å²) < 4.78 is 1.58. The third-order valence-corrected chi connectivity index (χ3v) is 5.65. The van der Waals surface area contributed by atoms with Crippen LogP contribution in [0.1, 0.15) is 16.2 Å². The van der Waals surface area contributed by atoms with Crippen LogP contribution in [0.3, 0.4) is 0 Å². The number of rotatable bonds is 5. The molecule has 3 aromatic rings. The van der Waals surface area contributed by atoms with Crippen molar-refractivity contribution in [2.45, 2.75) is 0 Å². The number of nitrogens with zero attached hydrogens (tertiary/aromatic N) is 6. The average molecular weight is 461 g/mol. The molecule has 0 radical (unpaired) electrons. The zero-order valence-electron chi connectivity index (χ0n) is 16.5. The van der Waals surface area contributed by atoms with Gasteiger partial charge in [0.2, 0.25) is 5.78 Å². The second kappa shape index (κ2) is 8.52. The number of imidazole rings is 1. The lowest BCUT2D eigenvalue weighted by Gasteiger charge is -2.36. The molecule has 2 aromatic heterocycles. The first-order chi connectivity index (χ1) is 14.8. The Kier molecular flexibility index (Phi) is 5.79. The van der Waals surface area contributed by atoms with Crippen molar-refractivity contribution in [2.24, 2.45) is 7.05 Å². The van der Waals surface area contributed by atoms with Crippen molar-refractivity contribution < 1.29 is 9.72 Å². The zero-order chi connectivity index (χ0) is 22.1. The predicted octanol–water partition coefficient (Wildman–Crippen LogP) is 3.59. The number of aryl methyl sites for hydroxylation is 1. The van der Waals surface area contributed by atoms with Gasteiger partial charge in [-0.25, -0.2) is 9.97 Å². The largest absolute Gasteiger partial charge is 0.362 e. The highest BCUT2D eigenvalue weighted by molar-refractivity contribution is 6.36. The summed E-state index contributed by atoms with van der Waals surface area (Å²) in [7, 11) is 1.70. The molecular weight excluding hydrogens is 443 g/mol. The highest BCUT2D eigenvalue weighted by Crippen LogP contribution is 2.32. The van der Waals surface area contributed by atoms with Crippen LogP contribution in [0.5, 0.6) is 0 Å². The Labute approximate surface area is 188 Å². The van der Waals surface area contributed by atoms with E-state index in [0.717, 1.165) is 0 Å². The number of pyridine rings is 1. The van der Waals surface area contributed by atoms with E-state index >= 15 is 0 Å². The van der Waals surface area contributed by atoms with E-state index in [2.05, 4.69) is 9.97 Å². The SMILES string of the molecule is Cn1ccnc1C(=O)c1ccc(N2CCN(c3ncc(Cl)cc3Cl)CC2)c([N+](=O)[O-])c1. The topological polar surface area (TPSA) is 97.4 Å². The van der Waals surface area contributed by atoms with Gasteiger partial charge in [-0.2, -0.15) is 0 Å². The number of anilines is 2. The number of hydrogen-bond acceptors (Lipinski definition) is 7. The Bertz CT molecular complexity index is 1160. The minimum absolute atomic E-state index is 0.115. The lowest BCUT2D eigenvalue weighted by atomic mass is 10.1. The van der Waals surface area contributed by atoms with Crippen LogP contribution in [-0.4, -0.2) is 51.4 Å². The van der Waals surface area contributed by atoms with E-state index in [-0.39, 0.29) is 22.9 Å². The van der Waals surface area contributed by atoms with E-state index < -0.39 is 4.92 Å². The van der Waals surface area contributed by atoms with Crippen LogP contribution in [0.25, 0.3) is 0 Å². The van der Waals surface area contributed by atoms with Crippen molar-refractivity contribution in [1.82, 2.24) is 14.5 Å². The van der Waals surface area contributed by atoms with Crippen molar-refractivity contribution in [3.8, 4) is 0 Å². The van der Waals surface area contributed by atoms with Gasteiger partial charge in [-0.05, 0) is 18.2 Å². The second-order valence-corrected chi connectivity index (χ2v) is 7.93. The Balaban J connectivity index is 1.55. The van der Waals surface area contributed by atoms with Gasteiger partial charge < -0.3 is 14.4 Å². The second-order valence-electron chi connectivity index (χ2n) is 7.08. The van der Waals surface area contributed by atoms with Gasteiger partial charge in [-0.3, -0.25) is 14.9 Å². The highest BCUT2D eigenvalue weighted by Gasteiger charge is 2.27. The molecule has 11 heteroatoms. The Morgan fingerprint density at radius 2 is 1.81 bits per heavy atom. The zero-order valence-corrected chi connectivity index (χ0v) is 18.0. The highest BCUT2D eigenvalue weighted by atomic mass is 35.5. The first kappa shape index (κ1) is 21.1. The molecule has 1 aliphatic heterocycles. The van der Waals surface area contributed by atoms with Crippen molar-refractivity contribution in [3.05, 3.63) is 74.4 Å². The van der Waals surface area contributed by atoms with E-state index in [9.17, 15) is 14.9 Å². The summed E-state index contributed by atoms with van der Waals surface area (Å²) in [6.07, 6.45) is 4.70. The summed E-state index contributed by atoms with van der Waals surface area (Å²) in [5.74, 6) is 0.495. The number of ketones is 1. The number of carbonyl (C=O) groups excluding carboxylic acids is 1. The van der Waals surface area contributed by atoms with Gasteiger partial charge in [0.25, 0.3) is 5.69 Å². The maximum Gasteiger partial charge on any atom is 0.293 e. The molecule has 1 saturated heterocycles. The van der Waals surface area contributed by atoms with Crippen molar-refractivity contribution in [1.29, 1.82) is 0 Å². The van der Waals surface area contributed by atoms with Crippen LogP contribution < -0.4 is 9.80 Å².